The first-order valence-electron chi connectivity index (χ1n) is 9.70. The molecule has 1 spiro atoms. The van der Waals surface area contributed by atoms with Crippen LogP contribution in [0, 0.1) is 18.8 Å². The van der Waals surface area contributed by atoms with E-state index in [1.54, 1.807) is 19.1 Å². The third-order valence-corrected chi connectivity index (χ3v) is 6.90. The van der Waals surface area contributed by atoms with Crippen molar-refractivity contribution in [3.63, 3.8) is 0 Å². The number of benzene rings is 1. The number of amides is 2. The molecule has 2 aliphatic heterocycles. The molecule has 2 heterocycles. The van der Waals surface area contributed by atoms with Gasteiger partial charge in [0.1, 0.15) is 12.4 Å². The Morgan fingerprint density at radius 1 is 1.31 bits per heavy atom. The van der Waals surface area contributed by atoms with E-state index in [0.717, 1.165) is 12.0 Å². The predicted molar refractivity (Wildman–Crippen MR) is 94.2 cm³/mol. The van der Waals surface area contributed by atoms with Gasteiger partial charge in [-0.1, -0.05) is 12.1 Å². The Morgan fingerprint density at radius 3 is 2.69 bits per heavy atom. The molecule has 1 aromatic rings. The highest BCUT2D eigenvalue weighted by atomic mass is 19.4. The summed E-state index contributed by atoms with van der Waals surface area (Å²) in [7, 11) is 0. The number of hydrogen-bond donors (Lipinski definition) is 1. The van der Waals surface area contributed by atoms with E-state index in [9.17, 15) is 22.8 Å². The average molecular weight is 410 g/mol. The summed E-state index contributed by atoms with van der Waals surface area (Å²) in [6.45, 7) is 3.17. The third kappa shape index (κ3) is 3.02. The van der Waals surface area contributed by atoms with Gasteiger partial charge in [-0.15, -0.1) is 13.2 Å². The SMILES string of the molecule is Cc1cc(C23CC2CN(C(=O)[C@H]2C[C@]4(COC(=O)N4)C2)C3)ccc1OC(F)(F)F. The lowest BCUT2D eigenvalue weighted by atomic mass is 9.68. The number of hydrogen-bond acceptors (Lipinski definition) is 4. The minimum atomic E-state index is -4.72. The van der Waals surface area contributed by atoms with Crippen molar-refractivity contribution in [3.8, 4) is 5.75 Å². The molecule has 2 amide bonds. The minimum absolute atomic E-state index is 0.0945. The highest BCUT2D eigenvalue weighted by Crippen LogP contribution is 2.60. The summed E-state index contributed by atoms with van der Waals surface area (Å²) >= 11 is 0. The van der Waals surface area contributed by atoms with Crippen LogP contribution in [0.15, 0.2) is 18.2 Å². The standard InChI is InChI=1S/C20H21F3N2O4/c1-11-4-13(2-3-15(11)29-20(21,22)23)19-7-14(19)8-25(9-19)16(26)12-5-18(6-12)10-28-17(27)24-18/h2-4,12,14H,5-10H2,1H3,(H,24,27)/t12-,14?,18+,19?. The molecule has 156 valence electrons. The third-order valence-electron chi connectivity index (χ3n) is 6.90. The molecule has 1 N–H and O–H groups in total. The summed E-state index contributed by atoms with van der Waals surface area (Å²) in [6.07, 6.45) is -3.02. The number of fused-ring (bicyclic) bond motifs is 1. The lowest BCUT2D eigenvalue weighted by molar-refractivity contribution is -0.274. The van der Waals surface area contributed by atoms with Crippen molar-refractivity contribution in [3.05, 3.63) is 29.3 Å². The fourth-order valence-electron chi connectivity index (χ4n) is 5.32. The number of rotatable bonds is 3. The molecule has 2 unspecified atom stereocenters. The van der Waals surface area contributed by atoms with E-state index in [0.29, 0.717) is 44.0 Å². The van der Waals surface area contributed by atoms with Gasteiger partial charge < -0.3 is 19.7 Å². The topological polar surface area (TPSA) is 67.9 Å². The second kappa shape index (κ2) is 5.79. The summed E-state index contributed by atoms with van der Waals surface area (Å²) in [6, 6.07) is 4.80. The van der Waals surface area contributed by atoms with Gasteiger partial charge in [-0.2, -0.15) is 0 Å². The zero-order valence-corrected chi connectivity index (χ0v) is 15.8. The lowest BCUT2D eigenvalue weighted by Gasteiger charge is -2.43. The fraction of sp³-hybridized carbons (Fsp3) is 0.600. The van der Waals surface area contributed by atoms with Crippen LogP contribution in [0.25, 0.3) is 0 Å². The molecule has 4 fully saturated rings. The van der Waals surface area contributed by atoms with Gasteiger partial charge in [0.2, 0.25) is 5.91 Å². The molecule has 4 aliphatic rings. The number of carbonyl (C=O) groups is 2. The molecule has 1 aromatic carbocycles. The van der Waals surface area contributed by atoms with Crippen LogP contribution in [-0.2, 0) is 14.9 Å². The van der Waals surface area contributed by atoms with E-state index in [1.807, 2.05) is 4.90 Å². The first kappa shape index (κ1) is 18.6. The predicted octanol–water partition coefficient (Wildman–Crippen LogP) is 2.88. The van der Waals surface area contributed by atoms with Gasteiger partial charge in [-0.05, 0) is 49.3 Å². The van der Waals surface area contributed by atoms with E-state index < -0.39 is 12.5 Å². The molecular weight excluding hydrogens is 389 g/mol. The maximum absolute atomic E-state index is 12.9. The molecule has 29 heavy (non-hydrogen) atoms. The Bertz CT molecular complexity index is 896. The highest BCUT2D eigenvalue weighted by Gasteiger charge is 2.63. The molecule has 2 saturated heterocycles. The van der Waals surface area contributed by atoms with E-state index in [2.05, 4.69) is 10.1 Å². The van der Waals surface area contributed by atoms with Gasteiger partial charge in [-0.3, -0.25) is 4.79 Å². The number of nitrogens with zero attached hydrogens (tertiary/aromatic N) is 1. The number of aryl methyl sites for hydroxylation is 1. The molecular formula is C20H21F3N2O4. The van der Waals surface area contributed by atoms with Gasteiger partial charge in [0, 0.05) is 24.4 Å². The largest absolute Gasteiger partial charge is 0.573 e. The van der Waals surface area contributed by atoms with Gasteiger partial charge in [0.15, 0.2) is 0 Å². The van der Waals surface area contributed by atoms with E-state index in [4.69, 9.17) is 4.74 Å². The zero-order chi connectivity index (χ0) is 20.6. The number of alkyl carbamates (subject to hydrolysis) is 1. The summed E-state index contributed by atoms with van der Waals surface area (Å²) in [4.78, 5) is 26.0. The summed E-state index contributed by atoms with van der Waals surface area (Å²) in [5.74, 6) is 0.123. The Hall–Kier alpha value is -2.45. The Labute approximate surface area is 165 Å². The summed E-state index contributed by atoms with van der Waals surface area (Å²) in [5.41, 5.74) is 0.848. The van der Waals surface area contributed by atoms with Crippen molar-refractivity contribution in [2.24, 2.45) is 11.8 Å². The highest BCUT2D eigenvalue weighted by molar-refractivity contribution is 5.82. The molecule has 2 atom stereocenters. The van der Waals surface area contributed by atoms with Crippen LogP contribution >= 0.6 is 0 Å². The van der Waals surface area contributed by atoms with Gasteiger partial charge >= 0.3 is 12.5 Å². The molecule has 0 aromatic heterocycles. The fourth-order valence-corrected chi connectivity index (χ4v) is 5.32. The molecule has 5 rings (SSSR count). The maximum atomic E-state index is 12.9. The average Bonchev–Trinajstić information content (AvgIpc) is 2.96. The lowest BCUT2D eigenvalue weighted by Crippen LogP contribution is -2.58. The summed E-state index contributed by atoms with van der Waals surface area (Å²) < 4.78 is 46.5. The Morgan fingerprint density at radius 2 is 2.07 bits per heavy atom. The van der Waals surface area contributed by atoms with E-state index >= 15 is 0 Å². The number of carbonyl (C=O) groups excluding carboxylic acids is 2. The second-order valence-electron chi connectivity index (χ2n) is 8.89. The van der Waals surface area contributed by atoms with Gasteiger partial charge in [0.05, 0.1) is 5.54 Å². The molecule has 9 heteroatoms. The number of nitrogens with one attached hydrogen (secondary N) is 1. The quantitative estimate of drug-likeness (QED) is 0.832. The first-order valence-corrected chi connectivity index (χ1v) is 9.70. The van der Waals surface area contributed by atoms with Crippen molar-refractivity contribution in [2.45, 2.75) is 43.5 Å². The Balaban J connectivity index is 1.25. The minimum Gasteiger partial charge on any atom is -0.447 e. The number of piperidine rings is 1. The second-order valence-corrected chi connectivity index (χ2v) is 8.89. The van der Waals surface area contributed by atoms with Crippen LogP contribution in [0.5, 0.6) is 5.75 Å². The molecule has 0 bridgehead atoms. The molecule has 0 radical (unpaired) electrons. The number of halogens is 3. The number of cyclic esters (lactones) is 1. The van der Waals surface area contributed by atoms with E-state index in [1.165, 1.54) is 6.07 Å². The van der Waals surface area contributed by atoms with Crippen LogP contribution in [0.3, 0.4) is 0 Å². The van der Waals surface area contributed by atoms with Crippen LogP contribution in [0.4, 0.5) is 18.0 Å². The maximum Gasteiger partial charge on any atom is 0.573 e. The van der Waals surface area contributed by atoms with Crippen molar-refractivity contribution < 1.29 is 32.2 Å². The zero-order valence-electron chi connectivity index (χ0n) is 15.8. The number of likely N-dealkylation sites (tertiary alicyclic amines) is 1. The molecule has 6 nitrogen and oxygen atoms in total. The smallest absolute Gasteiger partial charge is 0.447 e. The van der Waals surface area contributed by atoms with Crippen molar-refractivity contribution in [2.75, 3.05) is 19.7 Å². The number of ether oxygens (including phenoxy) is 2. The Kier molecular flexibility index (Phi) is 3.71. The monoisotopic (exact) mass is 410 g/mol. The molecule has 2 saturated carbocycles. The summed E-state index contributed by atoms with van der Waals surface area (Å²) in [5, 5.41) is 2.80. The van der Waals surface area contributed by atoms with E-state index in [-0.39, 0.29) is 28.5 Å². The van der Waals surface area contributed by atoms with Crippen LogP contribution in [0.2, 0.25) is 0 Å². The van der Waals surface area contributed by atoms with Crippen molar-refractivity contribution in [1.82, 2.24) is 10.2 Å². The van der Waals surface area contributed by atoms with Gasteiger partial charge in [-0.25, -0.2) is 4.79 Å². The van der Waals surface area contributed by atoms with Crippen molar-refractivity contribution >= 4 is 12.0 Å². The first-order chi connectivity index (χ1) is 13.6. The van der Waals surface area contributed by atoms with Crippen molar-refractivity contribution in [1.29, 1.82) is 0 Å². The normalized spacial score (nSPS) is 35.0. The molecule has 2 aliphatic carbocycles. The van der Waals surface area contributed by atoms with Crippen LogP contribution in [0.1, 0.15) is 30.4 Å². The van der Waals surface area contributed by atoms with Crippen LogP contribution < -0.4 is 10.1 Å². The number of alkyl halides is 3. The van der Waals surface area contributed by atoms with Crippen LogP contribution in [-0.4, -0.2) is 48.5 Å². The van der Waals surface area contributed by atoms with Gasteiger partial charge in [0.25, 0.3) is 0 Å².